The summed E-state index contributed by atoms with van der Waals surface area (Å²) in [6, 6.07) is 2.22. The molecule has 2 N–H and O–H groups in total. The van der Waals surface area contributed by atoms with Gasteiger partial charge in [-0.15, -0.1) is 12.4 Å². The Bertz CT molecular complexity index is 374. The van der Waals surface area contributed by atoms with Crippen LogP contribution >= 0.6 is 12.4 Å². The molecule has 1 aromatic rings. The largest absolute Gasteiger partial charge is 0.480 e. The molecule has 0 saturated heterocycles. The normalized spacial score (nSPS) is 11.7. The second-order valence-corrected chi connectivity index (χ2v) is 3.12. The van der Waals surface area contributed by atoms with Crippen LogP contribution in [0.2, 0.25) is 0 Å². The van der Waals surface area contributed by atoms with Crippen molar-refractivity contribution in [2.24, 2.45) is 0 Å². The van der Waals surface area contributed by atoms with E-state index in [0.717, 1.165) is 12.1 Å². The van der Waals surface area contributed by atoms with E-state index in [-0.39, 0.29) is 24.4 Å². The molecular formula is C10H12ClF2NO2. The number of rotatable bonds is 4. The number of hydrogen-bond acceptors (Lipinski definition) is 2. The molecule has 3 nitrogen and oxygen atoms in total. The van der Waals surface area contributed by atoms with Crippen LogP contribution in [-0.4, -0.2) is 24.2 Å². The zero-order valence-corrected chi connectivity index (χ0v) is 9.35. The van der Waals surface area contributed by atoms with Gasteiger partial charge in [0.15, 0.2) is 0 Å². The van der Waals surface area contributed by atoms with Gasteiger partial charge >= 0.3 is 5.97 Å². The number of nitrogens with one attached hydrogen (secondary N) is 1. The van der Waals surface area contributed by atoms with Gasteiger partial charge in [-0.3, -0.25) is 4.79 Å². The Labute approximate surface area is 97.9 Å². The zero-order valence-electron chi connectivity index (χ0n) is 8.54. The van der Waals surface area contributed by atoms with Gasteiger partial charge in [0.05, 0.1) is 0 Å². The molecule has 0 amide bonds. The average Bonchev–Trinajstić information content (AvgIpc) is 2.16. The smallest absolute Gasteiger partial charge is 0.321 e. The van der Waals surface area contributed by atoms with Gasteiger partial charge in [-0.25, -0.2) is 8.78 Å². The second-order valence-electron chi connectivity index (χ2n) is 3.12. The highest BCUT2D eigenvalue weighted by Crippen LogP contribution is 2.11. The predicted molar refractivity (Wildman–Crippen MR) is 57.8 cm³/mol. The van der Waals surface area contributed by atoms with E-state index in [9.17, 15) is 13.6 Å². The lowest BCUT2D eigenvalue weighted by Crippen LogP contribution is -2.36. The van der Waals surface area contributed by atoms with Crippen LogP contribution in [0.15, 0.2) is 18.2 Å². The monoisotopic (exact) mass is 251 g/mol. The summed E-state index contributed by atoms with van der Waals surface area (Å²) in [6.45, 7) is 0. The summed E-state index contributed by atoms with van der Waals surface area (Å²) in [7, 11) is 1.47. The van der Waals surface area contributed by atoms with Gasteiger partial charge in [0.2, 0.25) is 0 Å². The lowest BCUT2D eigenvalue weighted by molar-refractivity contribution is -0.139. The summed E-state index contributed by atoms with van der Waals surface area (Å²) in [4.78, 5) is 10.7. The lowest BCUT2D eigenvalue weighted by Gasteiger charge is -2.11. The number of aliphatic carboxylic acids is 1. The summed E-state index contributed by atoms with van der Waals surface area (Å²) in [5.41, 5.74) is 0.179. The van der Waals surface area contributed by atoms with Crippen molar-refractivity contribution < 1.29 is 18.7 Å². The van der Waals surface area contributed by atoms with Crippen LogP contribution in [-0.2, 0) is 11.2 Å². The first-order valence-electron chi connectivity index (χ1n) is 4.38. The zero-order chi connectivity index (χ0) is 11.4. The van der Waals surface area contributed by atoms with Crippen molar-refractivity contribution in [2.45, 2.75) is 12.5 Å². The molecule has 0 spiro atoms. The fraction of sp³-hybridized carbons (Fsp3) is 0.300. The average molecular weight is 252 g/mol. The molecule has 0 aliphatic heterocycles. The van der Waals surface area contributed by atoms with Crippen LogP contribution in [0.4, 0.5) is 8.78 Å². The fourth-order valence-electron chi connectivity index (χ4n) is 1.22. The van der Waals surface area contributed by atoms with Crippen LogP contribution in [0, 0.1) is 11.6 Å². The molecule has 1 aromatic carbocycles. The van der Waals surface area contributed by atoms with Crippen molar-refractivity contribution in [2.75, 3.05) is 7.05 Å². The maximum atomic E-state index is 13.1. The van der Waals surface area contributed by atoms with Crippen molar-refractivity contribution in [3.8, 4) is 0 Å². The number of carboxylic acids is 1. The Morgan fingerprint density at radius 1 is 1.50 bits per heavy atom. The quantitative estimate of drug-likeness (QED) is 0.855. The highest BCUT2D eigenvalue weighted by molar-refractivity contribution is 5.85. The van der Waals surface area contributed by atoms with E-state index in [4.69, 9.17) is 5.11 Å². The number of hydrogen-bond donors (Lipinski definition) is 2. The summed E-state index contributed by atoms with van der Waals surface area (Å²) in [5, 5.41) is 11.3. The fourth-order valence-corrected chi connectivity index (χ4v) is 1.22. The summed E-state index contributed by atoms with van der Waals surface area (Å²) in [5.74, 6) is -2.47. The lowest BCUT2D eigenvalue weighted by atomic mass is 10.1. The Hall–Kier alpha value is -1.20. The van der Waals surface area contributed by atoms with Crippen molar-refractivity contribution in [1.29, 1.82) is 0 Å². The molecular weight excluding hydrogens is 240 g/mol. The maximum Gasteiger partial charge on any atom is 0.321 e. The topological polar surface area (TPSA) is 49.3 Å². The van der Waals surface area contributed by atoms with E-state index in [0.29, 0.717) is 0 Å². The van der Waals surface area contributed by atoms with E-state index >= 15 is 0 Å². The van der Waals surface area contributed by atoms with E-state index in [1.807, 2.05) is 0 Å². The molecule has 0 fully saturated rings. The van der Waals surface area contributed by atoms with Crippen LogP contribution in [0.25, 0.3) is 0 Å². The molecule has 0 saturated carbocycles. The van der Waals surface area contributed by atoms with Gasteiger partial charge in [0, 0.05) is 12.5 Å². The molecule has 90 valence electrons. The Morgan fingerprint density at radius 2 is 2.12 bits per heavy atom. The molecule has 1 unspecified atom stereocenters. The van der Waals surface area contributed by atoms with Crippen molar-refractivity contribution in [1.82, 2.24) is 5.32 Å². The molecule has 0 bridgehead atoms. The standard InChI is InChI=1S/C10H11F2NO2.ClH/c1-13-9(10(14)15)4-6-2-3-7(11)5-8(6)12;/h2-3,5,9,13H,4H2,1H3,(H,14,15);1H. The van der Waals surface area contributed by atoms with Crippen LogP contribution in [0.3, 0.4) is 0 Å². The van der Waals surface area contributed by atoms with Crippen molar-refractivity contribution >= 4 is 18.4 Å². The summed E-state index contributed by atoms with van der Waals surface area (Å²) < 4.78 is 25.7. The Balaban J connectivity index is 0.00000225. The van der Waals surface area contributed by atoms with Gasteiger partial charge in [0.25, 0.3) is 0 Å². The van der Waals surface area contributed by atoms with Gasteiger partial charge in [-0.2, -0.15) is 0 Å². The molecule has 0 aliphatic rings. The highest BCUT2D eigenvalue weighted by Gasteiger charge is 2.17. The number of halogens is 3. The van der Waals surface area contributed by atoms with Gasteiger partial charge in [-0.05, 0) is 18.7 Å². The van der Waals surface area contributed by atoms with E-state index in [1.165, 1.54) is 13.1 Å². The molecule has 1 atom stereocenters. The minimum atomic E-state index is -1.07. The molecule has 16 heavy (non-hydrogen) atoms. The molecule has 0 heterocycles. The molecule has 0 radical (unpaired) electrons. The summed E-state index contributed by atoms with van der Waals surface area (Å²) in [6.07, 6.45) is -0.0159. The van der Waals surface area contributed by atoms with E-state index in [1.54, 1.807) is 0 Å². The van der Waals surface area contributed by atoms with Crippen LogP contribution < -0.4 is 5.32 Å². The third kappa shape index (κ3) is 3.75. The number of carboxylic acid groups (broad SMARTS) is 1. The minimum Gasteiger partial charge on any atom is -0.480 e. The Kier molecular flexibility index (Phi) is 5.92. The molecule has 6 heteroatoms. The molecule has 0 aromatic heterocycles. The first-order valence-corrected chi connectivity index (χ1v) is 4.38. The number of benzene rings is 1. The first-order chi connectivity index (χ1) is 7.04. The predicted octanol–water partition coefficient (Wildman–Crippen LogP) is 1.60. The minimum absolute atomic E-state index is 0. The third-order valence-corrected chi connectivity index (χ3v) is 2.09. The van der Waals surface area contributed by atoms with Gasteiger partial charge < -0.3 is 10.4 Å². The molecule has 0 aliphatic carbocycles. The third-order valence-electron chi connectivity index (χ3n) is 2.09. The highest BCUT2D eigenvalue weighted by atomic mass is 35.5. The van der Waals surface area contributed by atoms with Gasteiger partial charge in [-0.1, -0.05) is 6.07 Å². The summed E-state index contributed by atoms with van der Waals surface area (Å²) >= 11 is 0. The Morgan fingerprint density at radius 3 is 2.56 bits per heavy atom. The molecule has 1 rings (SSSR count). The van der Waals surface area contributed by atoms with Crippen molar-refractivity contribution in [3.05, 3.63) is 35.4 Å². The number of likely N-dealkylation sites (N-methyl/N-ethyl adjacent to an activating group) is 1. The number of carbonyl (C=O) groups is 1. The maximum absolute atomic E-state index is 13.1. The first kappa shape index (κ1) is 14.8. The van der Waals surface area contributed by atoms with E-state index in [2.05, 4.69) is 5.32 Å². The van der Waals surface area contributed by atoms with E-state index < -0.39 is 23.6 Å². The SMILES string of the molecule is CNC(Cc1ccc(F)cc1F)C(=O)O.Cl. The van der Waals surface area contributed by atoms with Crippen LogP contribution in [0.1, 0.15) is 5.56 Å². The second kappa shape index (κ2) is 6.40. The van der Waals surface area contributed by atoms with Gasteiger partial charge in [0.1, 0.15) is 17.7 Å². The van der Waals surface area contributed by atoms with Crippen LogP contribution in [0.5, 0.6) is 0 Å². The van der Waals surface area contributed by atoms with Crippen molar-refractivity contribution in [3.63, 3.8) is 0 Å².